The molecule has 0 aliphatic heterocycles. The quantitative estimate of drug-likeness (QED) is 0.855. The Morgan fingerprint density at radius 1 is 1.11 bits per heavy atom. The number of aliphatic carboxylic acids is 1. The van der Waals surface area contributed by atoms with Gasteiger partial charge in [-0.3, -0.25) is 4.79 Å². The third-order valence-electron chi connectivity index (χ3n) is 4.83. The highest BCUT2D eigenvalue weighted by Crippen LogP contribution is 2.44. The highest BCUT2D eigenvalue weighted by atomic mass is 16.4. The van der Waals surface area contributed by atoms with Crippen molar-refractivity contribution in [2.75, 3.05) is 0 Å². The van der Waals surface area contributed by atoms with E-state index in [2.05, 4.69) is 0 Å². The lowest BCUT2D eigenvalue weighted by Crippen LogP contribution is -2.42. The lowest BCUT2D eigenvalue weighted by atomic mass is 9.64. The minimum atomic E-state index is -0.696. The largest absolute Gasteiger partial charge is 0.481 e. The molecule has 0 bridgehead atoms. The number of carboxylic acid groups (broad SMARTS) is 1. The molecule has 3 nitrogen and oxygen atoms in total. The molecule has 1 aromatic rings. The minimum Gasteiger partial charge on any atom is -0.481 e. The van der Waals surface area contributed by atoms with E-state index in [1.807, 2.05) is 24.3 Å². The van der Waals surface area contributed by atoms with Crippen molar-refractivity contribution in [1.82, 2.24) is 0 Å². The number of aliphatic hydroxyl groups is 1. The lowest BCUT2D eigenvalue weighted by Gasteiger charge is -2.38. The van der Waals surface area contributed by atoms with E-state index in [4.69, 9.17) is 0 Å². The lowest BCUT2D eigenvalue weighted by molar-refractivity contribution is -0.147. The first-order chi connectivity index (χ1) is 9.04. The first kappa shape index (κ1) is 12.7. The summed E-state index contributed by atoms with van der Waals surface area (Å²) in [5, 5.41) is 19.2. The van der Waals surface area contributed by atoms with Crippen LogP contribution < -0.4 is 0 Å². The summed E-state index contributed by atoms with van der Waals surface area (Å²) in [6, 6.07) is 7.95. The fraction of sp³-hybridized carbons (Fsp3) is 0.562. The van der Waals surface area contributed by atoms with E-state index in [1.54, 1.807) is 0 Å². The summed E-state index contributed by atoms with van der Waals surface area (Å²) in [7, 11) is 0. The third-order valence-corrected chi connectivity index (χ3v) is 4.83. The third kappa shape index (κ3) is 2.27. The van der Waals surface area contributed by atoms with Gasteiger partial charge in [0.25, 0.3) is 0 Å². The first-order valence-electron chi connectivity index (χ1n) is 7.09. The summed E-state index contributed by atoms with van der Waals surface area (Å²) in [4.78, 5) is 11.4. The topological polar surface area (TPSA) is 57.5 Å². The van der Waals surface area contributed by atoms with Crippen molar-refractivity contribution < 1.29 is 15.0 Å². The summed E-state index contributed by atoms with van der Waals surface area (Å²) in [5.74, 6) is -0.696. The molecule has 102 valence electrons. The van der Waals surface area contributed by atoms with Gasteiger partial charge < -0.3 is 10.2 Å². The van der Waals surface area contributed by atoms with E-state index < -0.39 is 17.0 Å². The van der Waals surface area contributed by atoms with Gasteiger partial charge in [0.05, 0.1) is 11.0 Å². The molecule has 2 saturated carbocycles. The molecule has 0 heterocycles. The molecule has 2 fully saturated rings. The summed E-state index contributed by atoms with van der Waals surface area (Å²) < 4.78 is 0. The van der Waals surface area contributed by atoms with Crippen LogP contribution >= 0.6 is 0 Å². The van der Waals surface area contributed by atoms with Crippen LogP contribution in [0.1, 0.15) is 49.7 Å². The number of carboxylic acids is 1. The summed E-state index contributed by atoms with van der Waals surface area (Å²) in [6.07, 6.45) is 6.04. The number of benzene rings is 1. The second-order valence-electron chi connectivity index (χ2n) is 6.16. The molecule has 0 saturated heterocycles. The zero-order valence-electron chi connectivity index (χ0n) is 11.1. The second-order valence-corrected chi connectivity index (χ2v) is 6.16. The molecule has 2 N–H and O–H groups in total. The molecule has 2 aliphatic rings. The van der Waals surface area contributed by atoms with Gasteiger partial charge in [-0.05, 0) is 49.7 Å². The van der Waals surface area contributed by atoms with Gasteiger partial charge in [0.2, 0.25) is 0 Å². The van der Waals surface area contributed by atoms with E-state index in [-0.39, 0.29) is 0 Å². The zero-order valence-corrected chi connectivity index (χ0v) is 11.1. The monoisotopic (exact) mass is 260 g/mol. The average Bonchev–Trinajstić information content (AvgIpc) is 3.05. The number of hydrogen-bond donors (Lipinski definition) is 2. The molecular formula is C16H20O3. The summed E-state index contributed by atoms with van der Waals surface area (Å²) in [6.45, 7) is 0. The molecule has 0 radical (unpaired) electrons. The normalized spacial score (nSPS) is 22.6. The smallest absolute Gasteiger partial charge is 0.314 e. The molecule has 19 heavy (non-hydrogen) atoms. The number of carbonyl (C=O) groups is 1. The van der Waals surface area contributed by atoms with Crippen LogP contribution in [-0.4, -0.2) is 21.8 Å². The van der Waals surface area contributed by atoms with E-state index in [9.17, 15) is 15.0 Å². The van der Waals surface area contributed by atoms with Gasteiger partial charge in [0.1, 0.15) is 0 Å². The van der Waals surface area contributed by atoms with Crippen LogP contribution in [-0.2, 0) is 16.6 Å². The van der Waals surface area contributed by atoms with Gasteiger partial charge in [-0.25, -0.2) is 0 Å². The summed E-state index contributed by atoms with van der Waals surface area (Å²) in [5.41, 5.74) is 1.08. The van der Waals surface area contributed by atoms with Gasteiger partial charge in [0, 0.05) is 0 Å². The average molecular weight is 260 g/mol. The molecule has 0 atom stereocenters. The van der Waals surface area contributed by atoms with Crippen molar-refractivity contribution in [3.63, 3.8) is 0 Å². The number of aryl methyl sites for hydroxylation is 1. The number of hydrogen-bond acceptors (Lipinski definition) is 2. The van der Waals surface area contributed by atoms with E-state index in [0.717, 1.165) is 50.5 Å². The molecule has 2 aliphatic carbocycles. The Labute approximate surface area is 113 Å². The molecule has 3 rings (SSSR count). The van der Waals surface area contributed by atoms with Gasteiger partial charge >= 0.3 is 5.97 Å². The minimum absolute atomic E-state index is 0.408. The Morgan fingerprint density at radius 3 is 2.16 bits per heavy atom. The van der Waals surface area contributed by atoms with Crippen LogP contribution in [0.3, 0.4) is 0 Å². The van der Waals surface area contributed by atoms with Crippen molar-refractivity contribution in [1.29, 1.82) is 0 Å². The van der Waals surface area contributed by atoms with Crippen molar-refractivity contribution in [2.24, 2.45) is 0 Å². The molecular weight excluding hydrogens is 240 g/mol. The van der Waals surface area contributed by atoms with Gasteiger partial charge in [-0.15, -0.1) is 0 Å². The Hall–Kier alpha value is -1.35. The van der Waals surface area contributed by atoms with Crippen LogP contribution in [0.15, 0.2) is 24.3 Å². The molecule has 3 heteroatoms. The predicted octanol–water partition coefficient (Wildman–Crippen LogP) is 2.65. The van der Waals surface area contributed by atoms with Gasteiger partial charge in [0.15, 0.2) is 0 Å². The standard InChI is InChI=1S/C16H20O3/c17-14(18)16(7-1-8-16)13-4-2-12(3-5-13)6-9-15(19)10-11-15/h2-5,19H,1,6-11H2,(H,17,18). The van der Waals surface area contributed by atoms with E-state index in [1.165, 1.54) is 5.56 Å². The highest BCUT2D eigenvalue weighted by molar-refractivity contribution is 5.82. The Morgan fingerprint density at radius 2 is 1.74 bits per heavy atom. The fourth-order valence-electron chi connectivity index (χ4n) is 2.92. The maximum atomic E-state index is 11.4. The van der Waals surface area contributed by atoms with Crippen molar-refractivity contribution >= 4 is 5.97 Å². The van der Waals surface area contributed by atoms with Crippen molar-refractivity contribution in [2.45, 2.75) is 56.0 Å². The van der Waals surface area contributed by atoms with Crippen molar-refractivity contribution in [3.8, 4) is 0 Å². The van der Waals surface area contributed by atoms with Gasteiger partial charge in [-0.2, -0.15) is 0 Å². The van der Waals surface area contributed by atoms with Crippen LogP contribution in [0.4, 0.5) is 0 Å². The Kier molecular flexibility index (Phi) is 2.90. The van der Waals surface area contributed by atoms with Crippen LogP contribution in [0, 0.1) is 0 Å². The molecule has 0 amide bonds. The number of rotatable bonds is 5. The fourth-order valence-corrected chi connectivity index (χ4v) is 2.92. The van der Waals surface area contributed by atoms with Crippen molar-refractivity contribution in [3.05, 3.63) is 35.4 Å². The van der Waals surface area contributed by atoms with Crippen LogP contribution in [0.25, 0.3) is 0 Å². The van der Waals surface area contributed by atoms with E-state index in [0.29, 0.717) is 0 Å². The SMILES string of the molecule is O=C(O)C1(c2ccc(CCC3(O)CC3)cc2)CCC1. The molecule has 1 aromatic carbocycles. The summed E-state index contributed by atoms with van der Waals surface area (Å²) >= 11 is 0. The first-order valence-corrected chi connectivity index (χ1v) is 7.09. The van der Waals surface area contributed by atoms with Crippen LogP contribution in [0.2, 0.25) is 0 Å². The highest BCUT2D eigenvalue weighted by Gasteiger charge is 2.45. The predicted molar refractivity (Wildman–Crippen MR) is 72.1 cm³/mol. The van der Waals surface area contributed by atoms with E-state index >= 15 is 0 Å². The zero-order chi connectivity index (χ0) is 13.5. The Balaban J connectivity index is 1.70. The maximum Gasteiger partial charge on any atom is 0.314 e. The molecule has 0 spiro atoms. The Bertz CT molecular complexity index is 481. The second kappa shape index (κ2) is 4.34. The van der Waals surface area contributed by atoms with Gasteiger partial charge in [-0.1, -0.05) is 30.7 Å². The molecule has 0 aromatic heterocycles. The molecule has 0 unspecified atom stereocenters. The van der Waals surface area contributed by atoms with Crippen LogP contribution in [0.5, 0.6) is 0 Å². The maximum absolute atomic E-state index is 11.4.